The second-order valence-corrected chi connectivity index (χ2v) is 6.33. The predicted octanol–water partition coefficient (Wildman–Crippen LogP) is 4.93. The third-order valence-electron chi connectivity index (χ3n) is 3.81. The lowest BCUT2D eigenvalue weighted by molar-refractivity contribution is 0.101. The number of methoxy groups -OCH3 is 1. The van der Waals surface area contributed by atoms with Crippen molar-refractivity contribution in [3.63, 3.8) is 0 Å². The predicted molar refractivity (Wildman–Crippen MR) is 101 cm³/mol. The zero-order valence-electron chi connectivity index (χ0n) is 13.7. The highest BCUT2D eigenvalue weighted by Crippen LogP contribution is 2.37. The van der Waals surface area contributed by atoms with Gasteiger partial charge in [0.15, 0.2) is 11.5 Å². The molecule has 0 unspecified atom stereocenters. The fraction of sp³-hybridized carbons (Fsp3) is 0.111. The van der Waals surface area contributed by atoms with Crippen molar-refractivity contribution < 1.29 is 13.9 Å². The number of ether oxygens (including phenoxy) is 1. The van der Waals surface area contributed by atoms with Gasteiger partial charge in [0.2, 0.25) is 5.43 Å². The number of benzene rings is 2. The SMILES string of the molecule is COc1c(Cl)cc(Cl)c2[nH]c(Nc3ccc(F)cc3)c(C(C)=O)c(=O)c12. The second kappa shape index (κ2) is 6.97. The van der Waals surface area contributed by atoms with Gasteiger partial charge in [-0.2, -0.15) is 0 Å². The standard InChI is InChI=1S/C18H13Cl2FN2O3/c1-8(24)13-16(25)14-15(11(19)7-12(20)17(14)26-2)23-18(13)22-10-5-3-9(21)4-6-10/h3-7H,1-2H3,(H2,22,23,25). The minimum absolute atomic E-state index is 0.0832. The maximum atomic E-state index is 13.1. The zero-order valence-corrected chi connectivity index (χ0v) is 15.3. The lowest BCUT2D eigenvalue weighted by Gasteiger charge is -2.15. The molecule has 2 N–H and O–H groups in total. The van der Waals surface area contributed by atoms with Gasteiger partial charge in [0, 0.05) is 5.69 Å². The average Bonchev–Trinajstić information content (AvgIpc) is 2.58. The number of pyridine rings is 1. The van der Waals surface area contributed by atoms with E-state index in [0.717, 1.165) is 0 Å². The van der Waals surface area contributed by atoms with Crippen LogP contribution in [0.15, 0.2) is 35.1 Å². The van der Waals surface area contributed by atoms with Crippen LogP contribution in [0, 0.1) is 5.82 Å². The van der Waals surface area contributed by atoms with Gasteiger partial charge in [-0.3, -0.25) is 9.59 Å². The van der Waals surface area contributed by atoms with E-state index >= 15 is 0 Å². The summed E-state index contributed by atoms with van der Waals surface area (Å²) in [4.78, 5) is 28.1. The number of aromatic nitrogens is 1. The molecule has 0 saturated heterocycles. The maximum Gasteiger partial charge on any atom is 0.206 e. The molecule has 0 spiro atoms. The van der Waals surface area contributed by atoms with Gasteiger partial charge >= 0.3 is 0 Å². The number of Topliss-reactive ketones (excluding diaryl/α,β-unsaturated/α-hetero) is 1. The molecular weight excluding hydrogens is 382 g/mol. The Hall–Kier alpha value is -2.57. The molecule has 3 aromatic rings. The van der Waals surface area contributed by atoms with Crippen LogP contribution in [0.4, 0.5) is 15.9 Å². The Labute approximate surface area is 157 Å². The van der Waals surface area contributed by atoms with E-state index in [9.17, 15) is 14.0 Å². The minimum atomic E-state index is -0.572. The first-order chi connectivity index (χ1) is 12.3. The molecule has 0 amide bonds. The van der Waals surface area contributed by atoms with Gasteiger partial charge in [-0.15, -0.1) is 0 Å². The summed E-state index contributed by atoms with van der Waals surface area (Å²) in [5.74, 6) is -0.594. The van der Waals surface area contributed by atoms with Crippen molar-refractivity contribution in [2.24, 2.45) is 0 Å². The molecule has 134 valence electrons. The van der Waals surface area contributed by atoms with E-state index in [1.807, 2.05) is 0 Å². The fourth-order valence-electron chi connectivity index (χ4n) is 2.67. The summed E-state index contributed by atoms with van der Waals surface area (Å²) in [6, 6.07) is 6.91. The average molecular weight is 395 g/mol. The van der Waals surface area contributed by atoms with Crippen LogP contribution in [0.25, 0.3) is 10.9 Å². The van der Waals surface area contributed by atoms with E-state index in [1.54, 1.807) is 0 Å². The van der Waals surface area contributed by atoms with Crippen molar-refractivity contribution in [1.82, 2.24) is 4.98 Å². The van der Waals surface area contributed by atoms with Crippen LogP contribution in [-0.4, -0.2) is 17.9 Å². The Morgan fingerprint density at radius 3 is 2.42 bits per heavy atom. The molecule has 1 heterocycles. The second-order valence-electron chi connectivity index (χ2n) is 5.52. The quantitative estimate of drug-likeness (QED) is 0.615. The van der Waals surface area contributed by atoms with Gasteiger partial charge in [0.1, 0.15) is 17.2 Å². The monoisotopic (exact) mass is 394 g/mol. The zero-order chi connectivity index (χ0) is 19.0. The van der Waals surface area contributed by atoms with Gasteiger partial charge in [-0.1, -0.05) is 23.2 Å². The number of hydrogen-bond acceptors (Lipinski definition) is 4. The van der Waals surface area contributed by atoms with Crippen molar-refractivity contribution in [3.05, 3.63) is 62.0 Å². The van der Waals surface area contributed by atoms with Crippen LogP contribution >= 0.6 is 23.2 Å². The van der Waals surface area contributed by atoms with Crippen LogP contribution in [0.1, 0.15) is 17.3 Å². The van der Waals surface area contributed by atoms with Gasteiger partial charge in [0.25, 0.3) is 0 Å². The van der Waals surface area contributed by atoms with Crippen molar-refractivity contribution in [1.29, 1.82) is 0 Å². The molecule has 2 aromatic carbocycles. The van der Waals surface area contributed by atoms with E-state index in [2.05, 4.69) is 10.3 Å². The van der Waals surface area contributed by atoms with Gasteiger partial charge in [-0.05, 0) is 37.3 Å². The summed E-state index contributed by atoms with van der Waals surface area (Å²) in [5.41, 5.74) is 0.0732. The topological polar surface area (TPSA) is 71.2 Å². The highest BCUT2D eigenvalue weighted by Gasteiger charge is 2.22. The number of H-pyrrole nitrogens is 1. The van der Waals surface area contributed by atoms with E-state index in [-0.39, 0.29) is 38.1 Å². The maximum absolute atomic E-state index is 13.1. The highest BCUT2D eigenvalue weighted by molar-refractivity contribution is 6.39. The summed E-state index contributed by atoms with van der Waals surface area (Å²) < 4.78 is 18.3. The number of aromatic amines is 1. The van der Waals surface area contributed by atoms with E-state index < -0.39 is 17.0 Å². The third-order valence-corrected chi connectivity index (χ3v) is 4.39. The van der Waals surface area contributed by atoms with Gasteiger partial charge in [-0.25, -0.2) is 4.39 Å². The smallest absolute Gasteiger partial charge is 0.206 e. The molecular formula is C18H13Cl2FN2O3. The molecule has 26 heavy (non-hydrogen) atoms. The van der Waals surface area contributed by atoms with Crippen LogP contribution in [0.5, 0.6) is 5.75 Å². The lowest BCUT2D eigenvalue weighted by atomic mass is 10.1. The molecule has 0 saturated carbocycles. The normalized spacial score (nSPS) is 10.8. The number of nitrogens with one attached hydrogen (secondary N) is 2. The molecule has 0 bridgehead atoms. The van der Waals surface area contributed by atoms with Crippen molar-refractivity contribution in [2.75, 3.05) is 12.4 Å². The first-order valence-electron chi connectivity index (χ1n) is 7.49. The number of carbonyl (C=O) groups is 1. The Kier molecular flexibility index (Phi) is 4.89. The number of anilines is 2. The molecule has 3 rings (SSSR count). The molecule has 0 aliphatic rings. The summed E-state index contributed by atoms with van der Waals surface area (Å²) >= 11 is 12.3. The first-order valence-corrected chi connectivity index (χ1v) is 8.24. The highest BCUT2D eigenvalue weighted by atomic mass is 35.5. The largest absolute Gasteiger partial charge is 0.494 e. The van der Waals surface area contributed by atoms with Crippen LogP contribution < -0.4 is 15.5 Å². The summed E-state index contributed by atoms with van der Waals surface area (Å²) in [6.45, 7) is 1.27. The molecule has 5 nitrogen and oxygen atoms in total. The summed E-state index contributed by atoms with van der Waals surface area (Å²) in [6.07, 6.45) is 0. The molecule has 0 atom stereocenters. The molecule has 0 radical (unpaired) electrons. The summed E-state index contributed by atoms with van der Waals surface area (Å²) in [7, 11) is 1.37. The van der Waals surface area contributed by atoms with E-state index in [1.165, 1.54) is 44.4 Å². The third kappa shape index (κ3) is 3.13. The Balaban J connectivity index is 2.33. The van der Waals surface area contributed by atoms with Crippen LogP contribution in [-0.2, 0) is 0 Å². The number of hydrogen-bond donors (Lipinski definition) is 2. The van der Waals surface area contributed by atoms with Crippen molar-refractivity contribution in [3.8, 4) is 5.75 Å². The molecule has 0 fully saturated rings. The number of rotatable bonds is 4. The van der Waals surface area contributed by atoms with Crippen LogP contribution in [0.2, 0.25) is 10.0 Å². The molecule has 0 aliphatic carbocycles. The molecule has 0 aliphatic heterocycles. The van der Waals surface area contributed by atoms with E-state index in [0.29, 0.717) is 5.69 Å². The fourth-order valence-corrected chi connectivity index (χ4v) is 3.26. The number of carbonyl (C=O) groups excluding carboxylic acids is 1. The molecule has 8 heteroatoms. The van der Waals surface area contributed by atoms with Crippen molar-refractivity contribution in [2.45, 2.75) is 6.92 Å². The Morgan fingerprint density at radius 2 is 1.85 bits per heavy atom. The minimum Gasteiger partial charge on any atom is -0.494 e. The van der Waals surface area contributed by atoms with Gasteiger partial charge < -0.3 is 15.0 Å². The summed E-state index contributed by atoms with van der Waals surface area (Å²) in [5, 5.41) is 3.35. The van der Waals surface area contributed by atoms with Crippen LogP contribution in [0.3, 0.4) is 0 Å². The first kappa shape index (κ1) is 18.2. The lowest BCUT2D eigenvalue weighted by Crippen LogP contribution is -2.18. The van der Waals surface area contributed by atoms with Gasteiger partial charge in [0.05, 0.1) is 28.1 Å². The van der Waals surface area contributed by atoms with E-state index in [4.69, 9.17) is 27.9 Å². The molecule has 1 aromatic heterocycles. The number of ketones is 1. The Morgan fingerprint density at radius 1 is 1.19 bits per heavy atom. The number of halogens is 3. The Bertz CT molecular complexity index is 1080. The van der Waals surface area contributed by atoms with Crippen molar-refractivity contribution >= 4 is 51.4 Å². The number of fused-ring (bicyclic) bond motifs is 1.